The van der Waals surface area contributed by atoms with Crippen LogP contribution in [0, 0.1) is 13.8 Å². The summed E-state index contributed by atoms with van der Waals surface area (Å²) in [5.74, 6) is 0.315. The van der Waals surface area contributed by atoms with E-state index in [1.165, 1.54) is 17.2 Å². The van der Waals surface area contributed by atoms with Gasteiger partial charge in [-0.2, -0.15) is 5.10 Å². The van der Waals surface area contributed by atoms with Gasteiger partial charge in [0.15, 0.2) is 5.76 Å². The second kappa shape index (κ2) is 8.32. The summed E-state index contributed by atoms with van der Waals surface area (Å²) in [6.45, 7) is 3.74. The summed E-state index contributed by atoms with van der Waals surface area (Å²) < 4.78 is 6.61. The fourth-order valence-electron chi connectivity index (χ4n) is 3.68. The lowest BCUT2D eigenvalue weighted by Crippen LogP contribution is -2.40. The van der Waals surface area contributed by atoms with Gasteiger partial charge in [0, 0.05) is 23.1 Å². The molecule has 1 N–H and O–H groups in total. The van der Waals surface area contributed by atoms with Gasteiger partial charge in [0.1, 0.15) is 12.2 Å². The van der Waals surface area contributed by atoms with Gasteiger partial charge in [-0.05, 0) is 38.8 Å². The molecule has 1 saturated carbocycles. The maximum Gasteiger partial charge on any atom is 0.268 e. The largest absolute Gasteiger partial charge is 0.356 e. The zero-order chi connectivity index (χ0) is 20.4. The molecule has 1 amide bonds. The molecule has 4 rings (SSSR count). The molecule has 0 saturated heterocycles. The van der Waals surface area contributed by atoms with Crippen LogP contribution in [0.25, 0.3) is 21.9 Å². The van der Waals surface area contributed by atoms with Crippen molar-refractivity contribution in [2.45, 2.75) is 58.5 Å². The Morgan fingerprint density at radius 2 is 2.03 bits per heavy atom. The van der Waals surface area contributed by atoms with Gasteiger partial charge in [0.2, 0.25) is 5.91 Å². The Hall–Kier alpha value is -2.74. The minimum Gasteiger partial charge on any atom is -0.356 e. The van der Waals surface area contributed by atoms with Crippen LogP contribution in [0.3, 0.4) is 0 Å². The highest BCUT2D eigenvalue weighted by atomic mass is 32.1. The summed E-state index contributed by atoms with van der Waals surface area (Å²) >= 11 is 1.58. The number of carbonyl (C=O) groups is 1. The van der Waals surface area contributed by atoms with Crippen LogP contribution in [0.5, 0.6) is 0 Å². The summed E-state index contributed by atoms with van der Waals surface area (Å²) in [4.78, 5) is 27.2. The molecule has 1 aliphatic carbocycles. The third-order valence-electron chi connectivity index (χ3n) is 5.13. The van der Waals surface area contributed by atoms with Crippen LogP contribution in [0.15, 0.2) is 33.6 Å². The van der Waals surface area contributed by atoms with E-state index in [0.29, 0.717) is 17.0 Å². The molecule has 1 aliphatic rings. The quantitative estimate of drug-likeness (QED) is 0.690. The first kappa shape index (κ1) is 19.6. The third-order valence-corrected chi connectivity index (χ3v) is 6.14. The van der Waals surface area contributed by atoms with Gasteiger partial charge in [-0.25, -0.2) is 4.68 Å². The van der Waals surface area contributed by atoms with Gasteiger partial charge in [-0.15, -0.1) is 11.3 Å². The summed E-state index contributed by atoms with van der Waals surface area (Å²) in [7, 11) is 0. The molecule has 3 heterocycles. The second-order valence-corrected chi connectivity index (χ2v) is 8.84. The van der Waals surface area contributed by atoms with Crippen molar-refractivity contribution in [2.75, 3.05) is 0 Å². The van der Waals surface area contributed by atoms with Crippen LogP contribution < -0.4 is 10.9 Å². The molecule has 152 valence electrons. The van der Waals surface area contributed by atoms with E-state index in [0.717, 1.165) is 41.1 Å². The average molecular weight is 413 g/mol. The van der Waals surface area contributed by atoms with E-state index in [1.54, 1.807) is 17.4 Å². The zero-order valence-electron chi connectivity index (χ0n) is 16.6. The number of carbonyl (C=O) groups excluding carboxylic acids is 1. The SMILES string of the molecule is Cc1cc(-c2cc(=O)n(CC(=O)NC3CCCCC3)nc2-c2ccc(C)s2)on1. The van der Waals surface area contributed by atoms with Crippen LogP contribution in [-0.2, 0) is 11.3 Å². The van der Waals surface area contributed by atoms with Crippen LogP contribution >= 0.6 is 11.3 Å². The number of hydrogen-bond acceptors (Lipinski definition) is 6. The third kappa shape index (κ3) is 4.48. The highest BCUT2D eigenvalue weighted by Crippen LogP contribution is 2.33. The van der Waals surface area contributed by atoms with E-state index in [1.807, 2.05) is 26.0 Å². The van der Waals surface area contributed by atoms with Gasteiger partial charge in [-0.3, -0.25) is 9.59 Å². The van der Waals surface area contributed by atoms with Crippen molar-refractivity contribution >= 4 is 17.2 Å². The van der Waals surface area contributed by atoms with Crippen molar-refractivity contribution in [2.24, 2.45) is 0 Å². The molecule has 7 nitrogen and oxygen atoms in total. The number of aryl methyl sites for hydroxylation is 2. The van der Waals surface area contributed by atoms with Crippen LogP contribution in [0.1, 0.15) is 42.7 Å². The second-order valence-electron chi connectivity index (χ2n) is 7.55. The lowest BCUT2D eigenvalue weighted by molar-refractivity contribution is -0.122. The molecular formula is C21H24N4O3S. The van der Waals surface area contributed by atoms with E-state index in [9.17, 15) is 9.59 Å². The lowest BCUT2D eigenvalue weighted by atomic mass is 9.95. The molecule has 3 aromatic heterocycles. The molecule has 0 radical (unpaired) electrons. The average Bonchev–Trinajstić information content (AvgIpc) is 3.32. The van der Waals surface area contributed by atoms with E-state index in [4.69, 9.17) is 4.52 Å². The number of rotatable bonds is 5. The molecule has 0 unspecified atom stereocenters. The Morgan fingerprint density at radius 1 is 1.24 bits per heavy atom. The van der Waals surface area contributed by atoms with Crippen LogP contribution in [0.4, 0.5) is 0 Å². The van der Waals surface area contributed by atoms with Crippen molar-refractivity contribution in [1.29, 1.82) is 0 Å². The number of hydrogen-bond donors (Lipinski definition) is 1. The first-order chi connectivity index (χ1) is 14.0. The molecule has 29 heavy (non-hydrogen) atoms. The van der Waals surface area contributed by atoms with Crippen molar-refractivity contribution in [3.05, 3.63) is 45.2 Å². The topological polar surface area (TPSA) is 90.0 Å². The Kier molecular flexibility index (Phi) is 5.62. The molecule has 0 spiro atoms. The predicted octanol–water partition coefficient (Wildman–Crippen LogP) is 3.69. The normalized spacial score (nSPS) is 14.8. The first-order valence-electron chi connectivity index (χ1n) is 9.91. The fraction of sp³-hybridized carbons (Fsp3) is 0.429. The Bertz CT molecular complexity index is 1080. The minimum atomic E-state index is -0.343. The molecule has 3 aromatic rings. The molecular weight excluding hydrogens is 388 g/mol. The fourth-order valence-corrected chi connectivity index (χ4v) is 4.55. The van der Waals surface area contributed by atoms with Crippen LogP contribution in [0.2, 0.25) is 0 Å². The highest BCUT2D eigenvalue weighted by Gasteiger charge is 2.20. The number of nitrogens with zero attached hydrogens (tertiary/aromatic N) is 3. The predicted molar refractivity (Wildman–Crippen MR) is 112 cm³/mol. The van der Waals surface area contributed by atoms with E-state index in [-0.39, 0.29) is 24.1 Å². The molecule has 0 atom stereocenters. The zero-order valence-corrected chi connectivity index (χ0v) is 17.4. The van der Waals surface area contributed by atoms with Gasteiger partial charge in [0.05, 0.1) is 16.1 Å². The summed E-state index contributed by atoms with van der Waals surface area (Å²) in [5, 5.41) is 11.5. The number of amides is 1. The Balaban J connectivity index is 1.66. The Morgan fingerprint density at radius 3 is 2.69 bits per heavy atom. The molecule has 0 aliphatic heterocycles. The smallest absolute Gasteiger partial charge is 0.268 e. The summed E-state index contributed by atoms with van der Waals surface area (Å²) in [6, 6.07) is 7.42. The lowest BCUT2D eigenvalue weighted by Gasteiger charge is -2.22. The summed E-state index contributed by atoms with van der Waals surface area (Å²) in [6.07, 6.45) is 5.49. The Labute approximate surface area is 172 Å². The highest BCUT2D eigenvalue weighted by molar-refractivity contribution is 7.15. The van der Waals surface area contributed by atoms with E-state index >= 15 is 0 Å². The van der Waals surface area contributed by atoms with Gasteiger partial charge in [-0.1, -0.05) is 24.4 Å². The van der Waals surface area contributed by atoms with Gasteiger partial charge in [0.25, 0.3) is 5.56 Å². The molecule has 8 heteroatoms. The van der Waals surface area contributed by atoms with E-state index in [2.05, 4.69) is 15.6 Å². The molecule has 1 fully saturated rings. The van der Waals surface area contributed by atoms with Crippen molar-refractivity contribution < 1.29 is 9.32 Å². The number of nitrogens with one attached hydrogen (secondary N) is 1. The standard InChI is InChI=1S/C21H24N4O3S/c1-13-10-17(28-24-13)16-11-20(27)25(23-21(16)18-9-8-14(2)29-18)12-19(26)22-15-6-4-3-5-7-15/h8-11,15H,3-7,12H2,1-2H3,(H,22,26). The monoisotopic (exact) mass is 412 g/mol. The molecule has 0 aromatic carbocycles. The van der Waals surface area contributed by atoms with Crippen molar-refractivity contribution in [1.82, 2.24) is 20.3 Å². The summed E-state index contributed by atoms with van der Waals surface area (Å²) in [5.41, 5.74) is 1.58. The number of thiophene rings is 1. The number of aromatic nitrogens is 3. The maximum absolute atomic E-state index is 12.7. The van der Waals surface area contributed by atoms with Gasteiger partial charge >= 0.3 is 0 Å². The van der Waals surface area contributed by atoms with Crippen LogP contribution in [-0.4, -0.2) is 26.9 Å². The first-order valence-corrected chi connectivity index (χ1v) is 10.7. The van der Waals surface area contributed by atoms with E-state index < -0.39 is 0 Å². The van der Waals surface area contributed by atoms with Crippen molar-refractivity contribution in [3.63, 3.8) is 0 Å². The minimum absolute atomic E-state index is 0.0948. The maximum atomic E-state index is 12.7. The molecule has 0 bridgehead atoms. The van der Waals surface area contributed by atoms with Crippen molar-refractivity contribution in [3.8, 4) is 21.9 Å². The van der Waals surface area contributed by atoms with Gasteiger partial charge < -0.3 is 9.84 Å².